The summed E-state index contributed by atoms with van der Waals surface area (Å²) in [5.74, 6) is 1.50. The van der Waals surface area contributed by atoms with Gasteiger partial charge < -0.3 is 5.11 Å². The molecule has 1 nitrogen and oxygen atoms in total. The van der Waals surface area contributed by atoms with Gasteiger partial charge in [0.05, 0.1) is 5.60 Å². The lowest BCUT2D eigenvalue weighted by Gasteiger charge is -2.44. The quantitative estimate of drug-likeness (QED) is 0.637. The summed E-state index contributed by atoms with van der Waals surface area (Å²) in [5.41, 5.74) is 0.705. The van der Waals surface area contributed by atoms with Crippen LogP contribution in [0.5, 0.6) is 0 Å². The van der Waals surface area contributed by atoms with Crippen molar-refractivity contribution >= 4 is 0 Å². The molecule has 1 rings (SSSR count). The average molecular weight is 196 g/mol. The van der Waals surface area contributed by atoms with Gasteiger partial charge in [0, 0.05) is 0 Å². The van der Waals surface area contributed by atoms with Crippen LogP contribution in [0, 0.1) is 17.8 Å². The minimum atomic E-state index is -0.550. The third-order valence-corrected chi connectivity index (χ3v) is 3.71. The molecular weight excluding hydrogens is 172 g/mol. The van der Waals surface area contributed by atoms with Crippen LogP contribution in [0.2, 0.25) is 0 Å². The summed E-state index contributed by atoms with van der Waals surface area (Å²) in [6, 6.07) is 0. The number of allylic oxidation sites excluding steroid dienone is 1. The van der Waals surface area contributed by atoms with E-state index in [1.54, 1.807) is 0 Å². The highest BCUT2D eigenvalue weighted by atomic mass is 16.3. The molecule has 0 aliphatic heterocycles. The number of hydrogen-bond donors (Lipinski definition) is 1. The van der Waals surface area contributed by atoms with Crippen LogP contribution in [-0.4, -0.2) is 10.7 Å². The molecule has 1 N–H and O–H groups in total. The maximum absolute atomic E-state index is 10.7. The first-order chi connectivity index (χ1) is 6.41. The van der Waals surface area contributed by atoms with Crippen LogP contribution in [0.4, 0.5) is 0 Å². The Kier molecular flexibility index (Phi) is 3.41. The van der Waals surface area contributed by atoms with Crippen molar-refractivity contribution in [2.45, 2.75) is 53.1 Å². The van der Waals surface area contributed by atoms with E-state index < -0.39 is 5.60 Å². The highest BCUT2D eigenvalue weighted by molar-refractivity contribution is 5.22. The first kappa shape index (κ1) is 11.8. The molecule has 0 unspecified atom stereocenters. The zero-order chi connectivity index (χ0) is 10.9. The van der Waals surface area contributed by atoms with Crippen LogP contribution >= 0.6 is 0 Å². The molecule has 82 valence electrons. The van der Waals surface area contributed by atoms with Gasteiger partial charge in [-0.3, -0.25) is 0 Å². The fraction of sp³-hybridized carbons (Fsp3) is 0.846. The average Bonchev–Trinajstić information content (AvgIpc) is 2.02. The maximum atomic E-state index is 10.7. The Labute approximate surface area is 88.2 Å². The second-order valence-electron chi connectivity index (χ2n) is 5.27. The second-order valence-corrected chi connectivity index (χ2v) is 5.27. The van der Waals surface area contributed by atoms with Crippen molar-refractivity contribution in [3.63, 3.8) is 0 Å². The van der Waals surface area contributed by atoms with Gasteiger partial charge in [-0.15, -0.1) is 0 Å². The largest absolute Gasteiger partial charge is 0.385 e. The third kappa shape index (κ3) is 1.88. The van der Waals surface area contributed by atoms with E-state index in [1.165, 1.54) is 12.0 Å². The summed E-state index contributed by atoms with van der Waals surface area (Å²) < 4.78 is 0. The lowest BCUT2D eigenvalue weighted by molar-refractivity contribution is -0.0177. The molecule has 0 radical (unpaired) electrons. The molecule has 0 aromatic carbocycles. The van der Waals surface area contributed by atoms with E-state index in [2.05, 4.69) is 40.7 Å². The molecule has 1 saturated carbocycles. The smallest absolute Gasteiger partial charge is 0.0884 e. The molecule has 14 heavy (non-hydrogen) atoms. The van der Waals surface area contributed by atoms with Crippen molar-refractivity contribution in [2.24, 2.45) is 17.8 Å². The van der Waals surface area contributed by atoms with Gasteiger partial charge in [0.2, 0.25) is 0 Å². The van der Waals surface area contributed by atoms with Crippen molar-refractivity contribution in [1.82, 2.24) is 0 Å². The standard InChI is InChI=1S/C13H24O/c1-6-12-11(5)7-10(4)8-13(12,14)9(2)3/h6,9-11,14H,7-8H2,1-5H3/b12-6+/t10-,11-,13+/m1/s1. The first-order valence-corrected chi connectivity index (χ1v) is 5.80. The number of hydrogen-bond acceptors (Lipinski definition) is 1. The molecule has 1 heteroatoms. The lowest BCUT2D eigenvalue weighted by atomic mass is 9.65. The molecule has 0 heterocycles. The zero-order valence-corrected chi connectivity index (χ0v) is 10.2. The minimum Gasteiger partial charge on any atom is -0.385 e. The van der Waals surface area contributed by atoms with Crippen LogP contribution in [0.3, 0.4) is 0 Å². The van der Waals surface area contributed by atoms with Gasteiger partial charge in [0.25, 0.3) is 0 Å². The fourth-order valence-corrected chi connectivity index (χ4v) is 2.99. The Balaban J connectivity index is 3.00. The summed E-state index contributed by atoms with van der Waals surface area (Å²) in [6.07, 6.45) is 4.26. The third-order valence-electron chi connectivity index (χ3n) is 3.71. The van der Waals surface area contributed by atoms with Gasteiger partial charge in [-0.25, -0.2) is 0 Å². The van der Waals surface area contributed by atoms with Gasteiger partial charge in [0.1, 0.15) is 0 Å². The van der Waals surface area contributed by atoms with Crippen LogP contribution in [0.25, 0.3) is 0 Å². The molecule has 0 amide bonds. The summed E-state index contributed by atoms with van der Waals surface area (Å²) in [4.78, 5) is 0. The van der Waals surface area contributed by atoms with Gasteiger partial charge in [0.15, 0.2) is 0 Å². The van der Waals surface area contributed by atoms with E-state index >= 15 is 0 Å². The molecule has 3 atom stereocenters. The Hall–Kier alpha value is -0.300. The highest BCUT2D eigenvalue weighted by Crippen LogP contribution is 2.44. The predicted octanol–water partition coefficient (Wildman–Crippen LogP) is 3.39. The summed E-state index contributed by atoms with van der Waals surface area (Å²) in [7, 11) is 0. The summed E-state index contributed by atoms with van der Waals surface area (Å²) in [6.45, 7) is 10.8. The van der Waals surface area contributed by atoms with E-state index in [0.29, 0.717) is 17.8 Å². The minimum absolute atomic E-state index is 0.318. The zero-order valence-electron chi connectivity index (χ0n) is 10.2. The SMILES string of the molecule is C/C=C1\[C@H](C)C[C@@H](C)C[C@]1(O)C(C)C. The molecular formula is C13H24O. The van der Waals surface area contributed by atoms with E-state index in [0.717, 1.165) is 6.42 Å². The number of rotatable bonds is 1. The Morgan fingerprint density at radius 3 is 2.43 bits per heavy atom. The first-order valence-electron chi connectivity index (χ1n) is 5.80. The van der Waals surface area contributed by atoms with E-state index in [-0.39, 0.29) is 0 Å². The van der Waals surface area contributed by atoms with Crippen molar-refractivity contribution in [2.75, 3.05) is 0 Å². The Bertz CT molecular complexity index is 229. The maximum Gasteiger partial charge on any atom is 0.0884 e. The van der Waals surface area contributed by atoms with Crippen molar-refractivity contribution in [1.29, 1.82) is 0 Å². The summed E-state index contributed by atoms with van der Waals surface area (Å²) in [5, 5.41) is 10.7. The van der Waals surface area contributed by atoms with Gasteiger partial charge >= 0.3 is 0 Å². The molecule has 0 bridgehead atoms. The normalized spacial score (nSPS) is 42.1. The van der Waals surface area contributed by atoms with Crippen LogP contribution in [-0.2, 0) is 0 Å². The van der Waals surface area contributed by atoms with Crippen LogP contribution < -0.4 is 0 Å². The highest BCUT2D eigenvalue weighted by Gasteiger charge is 2.42. The Morgan fingerprint density at radius 1 is 1.43 bits per heavy atom. The van der Waals surface area contributed by atoms with Crippen LogP contribution in [0.1, 0.15) is 47.5 Å². The molecule has 1 fully saturated rings. The van der Waals surface area contributed by atoms with Gasteiger partial charge in [-0.05, 0) is 43.1 Å². The van der Waals surface area contributed by atoms with Crippen molar-refractivity contribution in [3.8, 4) is 0 Å². The van der Waals surface area contributed by atoms with Crippen molar-refractivity contribution in [3.05, 3.63) is 11.6 Å². The number of aliphatic hydroxyl groups is 1. The van der Waals surface area contributed by atoms with Crippen LogP contribution in [0.15, 0.2) is 11.6 Å². The lowest BCUT2D eigenvalue weighted by Crippen LogP contribution is -2.44. The molecule has 0 saturated heterocycles. The molecule has 1 aliphatic rings. The predicted molar refractivity (Wildman–Crippen MR) is 61.1 cm³/mol. The van der Waals surface area contributed by atoms with Gasteiger partial charge in [-0.2, -0.15) is 0 Å². The fourth-order valence-electron chi connectivity index (χ4n) is 2.99. The Morgan fingerprint density at radius 2 is 2.00 bits per heavy atom. The van der Waals surface area contributed by atoms with E-state index in [9.17, 15) is 5.11 Å². The van der Waals surface area contributed by atoms with E-state index in [4.69, 9.17) is 0 Å². The summed E-state index contributed by atoms with van der Waals surface area (Å²) >= 11 is 0. The topological polar surface area (TPSA) is 20.2 Å². The molecule has 1 aliphatic carbocycles. The van der Waals surface area contributed by atoms with Gasteiger partial charge in [-0.1, -0.05) is 33.8 Å². The second kappa shape index (κ2) is 4.06. The van der Waals surface area contributed by atoms with E-state index in [1.807, 2.05) is 0 Å². The molecule has 0 aromatic heterocycles. The molecule has 0 aromatic rings. The monoisotopic (exact) mass is 196 g/mol. The van der Waals surface area contributed by atoms with Crippen molar-refractivity contribution < 1.29 is 5.11 Å². The molecule has 0 spiro atoms.